The molecule has 13 heavy (non-hydrogen) atoms. The first-order chi connectivity index (χ1) is 6.18. The first-order valence-electron chi connectivity index (χ1n) is 4.03. The number of ether oxygens (including phenoxy) is 1. The summed E-state index contributed by atoms with van der Waals surface area (Å²) in [4.78, 5) is 0. The maximum atomic E-state index is 5.32. The fraction of sp³-hybridized carbons (Fsp3) is 0.714. The lowest BCUT2D eigenvalue weighted by Gasteiger charge is -2.22. The van der Waals surface area contributed by atoms with Gasteiger partial charge in [0.25, 0.3) is 0 Å². The number of nitrogens with one attached hydrogen (secondary N) is 1. The van der Waals surface area contributed by atoms with Gasteiger partial charge in [0.2, 0.25) is 5.13 Å². The topological polar surface area (TPSA) is 47.0 Å². The third-order valence-corrected chi connectivity index (χ3v) is 3.30. The second-order valence-corrected chi connectivity index (χ2v) is 5.60. The Bertz CT molecular complexity index is 298. The van der Waals surface area contributed by atoms with Crippen LogP contribution >= 0.6 is 27.3 Å². The van der Waals surface area contributed by atoms with Crippen LogP contribution in [0, 0.1) is 0 Å². The Hall–Kier alpha value is -0.200. The van der Waals surface area contributed by atoms with E-state index in [2.05, 4.69) is 38.4 Å². The summed E-state index contributed by atoms with van der Waals surface area (Å²) in [6.45, 7) is 3.70. The molecule has 1 fully saturated rings. The van der Waals surface area contributed by atoms with E-state index in [0.29, 0.717) is 0 Å². The third-order valence-electron chi connectivity index (χ3n) is 2.03. The minimum atomic E-state index is 0.0268. The predicted molar refractivity (Wildman–Crippen MR) is 55.1 cm³/mol. The SMILES string of the molecule is CC1(Nc2nnc(Br)s2)CCOC1. The molecule has 2 heterocycles. The standard InChI is InChI=1S/C7H10BrN3OS/c1-7(2-3-12-4-7)9-6-11-10-5(8)13-6/h2-4H2,1H3,(H,9,11). The minimum absolute atomic E-state index is 0.0268. The molecule has 1 aliphatic heterocycles. The van der Waals surface area contributed by atoms with E-state index >= 15 is 0 Å². The molecule has 0 aliphatic carbocycles. The maximum Gasteiger partial charge on any atom is 0.206 e. The quantitative estimate of drug-likeness (QED) is 0.886. The van der Waals surface area contributed by atoms with Crippen molar-refractivity contribution in [1.29, 1.82) is 0 Å². The zero-order valence-corrected chi connectivity index (χ0v) is 9.61. The average molecular weight is 264 g/mol. The van der Waals surface area contributed by atoms with Crippen LogP contribution in [0.1, 0.15) is 13.3 Å². The van der Waals surface area contributed by atoms with Crippen LogP contribution in [0.3, 0.4) is 0 Å². The van der Waals surface area contributed by atoms with Crippen LogP contribution < -0.4 is 5.32 Å². The molecule has 6 heteroatoms. The summed E-state index contributed by atoms with van der Waals surface area (Å²) >= 11 is 4.77. The van der Waals surface area contributed by atoms with E-state index < -0.39 is 0 Å². The fourth-order valence-electron chi connectivity index (χ4n) is 1.28. The van der Waals surface area contributed by atoms with Crippen LogP contribution in [-0.2, 0) is 4.74 Å². The fourth-order valence-corrected chi connectivity index (χ4v) is 2.44. The van der Waals surface area contributed by atoms with Gasteiger partial charge in [-0.2, -0.15) is 0 Å². The molecule has 1 aliphatic rings. The van der Waals surface area contributed by atoms with Crippen molar-refractivity contribution in [2.24, 2.45) is 0 Å². The van der Waals surface area contributed by atoms with Gasteiger partial charge in [-0.3, -0.25) is 0 Å². The van der Waals surface area contributed by atoms with Crippen molar-refractivity contribution in [2.45, 2.75) is 18.9 Å². The van der Waals surface area contributed by atoms with E-state index in [0.717, 1.165) is 28.7 Å². The van der Waals surface area contributed by atoms with E-state index in [9.17, 15) is 0 Å². The summed E-state index contributed by atoms with van der Waals surface area (Å²) in [6.07, 6.45) is 1.02. The molecule has 0 amide bonds. The number of hydrogen-bond acceptors (Lipinski definition) is 5. The van der Waals surface area contributed by atoms with Crippen LogP contribution in [0.25, 0.3) is 0 Å². The summed E-state index contributed by atoms with van der Waals surface area (Å²) < 4.78 is 6.12. The van der Waals surface area contributed by atoms with Crippen LogP contribution in [-0.4, -0.2) is 29.0 Å². The molecule has 0 radical (unpaired) electrons. The van der Waals surface area contributed by atoms with E-state index in [4.69, 9.17) is 4.74 Å². The number of aromatic nitrogens is 2. The molecular weight excluding hydrogens is 254 g/mol. The molecule has 0 aromatic carbocycles. The smallest absolute Gasteiger partial charge is 0.206 e. The van der Waals surface area contributed by atoms with Gasteiger partial charge in [-0.15, -0.1) is 10.2 Å². The third kappa shape index (κ3) is 2.18. The lowest BCUT2D eigenvalue weighted by molar-refractivity contribution is 0.185. The Morgan fingerprint density at radius 3 is 3.00 bits per heavy atom. The van der Waals surface area contributed by atoms with Gasteiger partial charge >= 0.3 is 0 Å². The zero-order valence-electron chi connectivity index (χ0n) is 7.21. The van der Waals surface area contributed by atoms with Crippen LogP contribution in [0.15, 0.2) is 3.92 Å². The molecule has 0 spiro atoms. The molecule has 72 valence electrons. The zero-order chi connectivity index (χ0) is 9.31. The molecule has 4 nitrogen and oxygen atoms in total. The van der Waals surface area contributed by atoms with Gasteiger partial charge in [-0.25, -0.2) is 0 Å². The normalized spacial score (nSPS) is 27.8. The van der Waals surface area contributed by atoms with E-state index in [1.54, 1.807) is 0 Å². The molecule has 0 bridgehead atoms. The van der Waals surface area contributed by atoms with E-state index in [-0.39, 0.29) is 5.54 Å². The van der Waals surface area contributed by atoms with Gasteiger partial charge in [-0.1, -0.05) is 11.3 Å². The number of rotatable bonds is 2. The van der Waals surface area contributed by atoms with Gasteiger partial charge in [0.15, 0.2) is 3.92 Å². The Morgan fingerprint density at radius 2 is 2.46 bits per heavy atom. The highest BCUT2D eigenvalue weighted by Gasteiger charge is 2.30. The van der Waals surface area contributed by atoms with Gasteiger partial charge in [0.05, 0.1) is 12.1 Å². The Kier molecular flexibility index (Phi) is 2.53. The molecule has 1 unspecified atom stereocenters. The second kappa shape index (κ2) is 3.51. The molecule has 1 aromatic rings. The second-order valence-electron chi connectivity index (χ2n) is 3.35. The molecule has 0 saturated carbocycles. The van der Waals surface area contributed by atoms with Gasteiger partial charge in [0, 0.05) is 6.61 Å². The summed E-state index contributed by atoms with van der Waals surface area (Å²) in [5.41, 5.74) is 0.0268. The number of halogens is 1. The van der Waals surface area contributed by atoms with Crippen molar-refractivity contribution in [3.8, 4) is 0 Å². The maximum absolute atomic E-state index is 5.32. The Morgan fingerprint density at radius 1 is 1.62 bits per heavy atom. The average Bonchev–Trinajstić information content (AvgIpc) is 2.62. The molecular formula is C7H10BrN3OS. The Labute approximate surface area is 88.8 Å². The van der Waals surface area contributed by atoms with E-state index in [1.165, 1.54) is 11.3 Å². The first-order valence-corrected chi connectivity index (χ1v) is 5.64. The minimum Gasteiger partial charge on any atom is -0.379 e. The van der Waals surface area contributed by atoms with Crippen LogP contribution in [0.2, 0.25) is 0 Å². The van der Waals surface area contributed by atoms with E-state index in [1.807, 2.05) is 0 Å². The summed E-state index contributed by atoms with van der Waals surface area (Å²) in [5, 5.41) is 12.0. The lowest BCUT2D eigenvalue weighted by Crippen LogP contribution is -2.34. The summed E-state index contributed by atoms with van der Waals surface area (Å²) in [5.74, 6) is 0. The molecule has 1 aromatic heterocycles. The molecule has 1 N–H and O–H groups in total. The number of nitrogens with zero attached hydrogens (tertiary/aromatic N) is 2. The molecule has 1 atom stereocenters. The van der Waals surface area contributed by atoms with Gasteiger partial charge in [-0.05, 0) is 29.3 Å². The first kappa shape index (κ1) is 9.36. The van der Waals surface area contributed by atoms with Crippen LogP contribution in [0.4, 0.5) is 5.13 Å². The number of anilines is 1. The van der Waals surface area contributed by atoms with Crippen molar-refractivity contribution in [3.63, 3.8) is 0 Å². The van der Waals surface area contributed by atoms with Crippen molar-refractivity contribution >= 4 is 32.4 Å². The van der Waals surface area contributed by atoms with Crippen molar-refractivity contribution in [3.05, 3.63) is 3.92 Å². The lowest BCUT2D eigenvalue weighted by atomic mass is 10.0. The highest BCUT2D eigenvalue weighted by Crippen LogP contribution is 2.27. The van der Waals surface area contributed by atoms with Gasteiger partial charge < -0.3 is 10.1 Å². The summed E-state index contributed by atoms with van der Waals surface area (Å²) in [7, 11) is 0. The predicted octanol–water partition coefficient (Wildman–Crippen LogP) is 1.89. The van der Waals surface area contributed by atoms with Crippen LogP contribution in [0.5, 0.6) is 0 Å². The number of hydrogen-bond donors (Lipinski definition) is 1. The highest BCUT2D eigenvalue weighted by atomic mass is 79.9. The van der Waals surface area contributed by atoms with Crippen molar-refractivity contribution in [1.82, 2.24) is 10.2 Å². The molecule has 1 saturated heterocycles. The van der Waals surface area contributed by atoms with Crippen molar-refractivity contribution in [2.75, 3.05) is 18.5 Å². The highest BCUT2D eigenvalue weighted by molar-refractivity contribution is 9.11. The molecule has 2 rings (SSSR count). The van der Waals surface area contributed by atoms with Crippen molar-refractivity contribution < 1.29 is 4.74 Å². The largest absolute Gasteiger partial charge is 0.379 e. The monoisotopic (exact) mass is 263 g/mol. The summed E-state index contributed by atoms with van der Waals surface area (Å²) in [6, 6.07) is 0. The van der Waals surface area contributed by atoms with Gasteiger partial charge in [0.1, 0.15) is 0 Å². The Balaban J connectivity index is 2.04.